The van der Waals surface area contributed by atoms with Crippen molar-refractivity contribution in [2.45, 2.75) is 33.2 Å². The van der Waals surface area contributed by atoms with Crippen molar-refractivity contribution < 1.29 is 4.92 Å². The summed E-state index contributed by atoms with van der Waals surface area (Å²) in [4.78, 5) is 10.3. The van der Waals surface area contributed by atoms with Crippen molar-refractivity contribution in [3.05, 3.63) is 45.0 Å². The standard InChI is InChI=1S/C11H15NO2/c1-8-4-5-9(2)11(6-8)7-10(3)12(13)14/h4-6,10H,7H2,1-3H3. The zero-order chi connectivity index (χ0) is 10.7. The Labute approximate surface area is 83.9 Å². The van der Waals surface area contributed by atoms with Crippen LogP contribution in [0.3, 0.4) is 0 Å². The van der Waals surface area contributed by atoms with Gasteiger partial charge in [0.2, 0.25) is 6.04 Å². The smallest absolute Gasteiger partial charge is 0.214 e. The van der Waals surface area contributed by atoms with Crippen LogP contribution in [0.4, 0.5) is 0 Å². The maximum atomic E-state index is 10.5. The van der Waals surface area contributed by atoms with Crippen LogP contribution in [0.1, 0.15) is 23.6 Å². The Bertz CT molecular complexity index is 347. The van der Waals surface area contributed by atoms with Crippen LogP contribution in [-0.2, 0) is 6.42 Å². The van der Waals surface area contributed by atoms with E-state index < -0.39 is 6.04 Å². The molecule has 76 valence electrons. The van der Waals surface area contributed by atoms with E-state index in [1.54, 1.807) is 6.92 Å². The molecular weight excluding hydrogens is 178 g/mol. The first-order valence-corrected chi connectivity index (χ1v) is 4.70. The Morgan fingerprint density at radius 2 is 2.07 bits per heavy atom. The van der Waals surface area contributed by atoms with Gasteiger partial charge in [-0.25, -0.2) is 0 Å². The van der Waals surface area contributed by atoms with Crippen LogP contribution < -0.4 is 0 Å². The van der Waals surface area contributed by atoms with Crippen molar-refractivity contribution in [1.82, 2.24) is 0 Å². The molecule has 0 aliphatic heterocycles. The fourth-order valence-electron chi connectivity index (χ4n) is 1.41. The molecule has 0 aliphatic carbocycles. The number of aryl methyl sites for hydroxylation is 2. The average Bonchev–Trinajstić information content (AvgIpc) is 2.11. The van der Waals surface area contributed by atoms with Crippen molar-refractivity contribution >= 4 is 0 Å². The molecule has 0 N–H and O–H groups in total. The molecule has 0 radical (unpaired) electrons. The molecule has 1 aromatic carbocycles. The molecule has 0 amide bonds. The van der Waals surface area contributed by atoms with Crippen molar-refractivity contribution in [1.29, 1.82) is 0 Å². The summed E-state index contributed by atoms with van der Waals surface area (Å²) >= 11 is 0. The summed E-state index contributed by atoms with van der Waals surface area (Å²) in [5, 5.41) is 10.5. The minimum Gasteiger partial charge on any atom is -0.264 e. The van der Waals surface area contributed by atoms with Gasteiger partial charge in [0.05, 0.1) is 0 Å². The summed E-state index contributed by atoms with van der Waals surface area (Å²) in [6.07, 6.45) is 0.514. The third-order valence-electron chi connectivity index (χ3n) is 2.38. The van der Waals surface area contributed by atoms with Gasteiger partial charge in [-0.05, 0) is 25.0 Å². The minimum absolute atomic E-state index is 0.234. The lowest BCUT2D eigenvalue weighted by Gasteiger charge is -2.08. The second-order valence-corrected chi connectivity index (χ2v) is 3.77. The molecule has 1 atom stereocenters. The second-order valence-electron chi connectivity index (χ2n) is 3.77. The van der Waals surface area contributed by atoms with Gasteiger partial charge in [-0.15, -0.1) is 0 Å². The number of nitro groups is 1. The van der Waals surface area contributed by atoms with E-state index in [1.165, 1.54) is 0 Å². The summed E-state index contributed by atoms with van der Waals surface area (Å²) in [6.45, 7) is 5.63. The van der Waals surface area contributed by atoms with E-state index in [2.05, 4.69) is 0 Å². The highest BCUT2D eigenvalue weighted by Crippen LogP contribution is 2.13. The van der Waals surface area contributed by atoms with E-state index in [4.69, 9.17) is 0 Å². The van der Waals surface area contributed by atoms with Crippen LogP contribution in [0.15, 0.2) is 18.2 Å². The van der Waals surface area contributed by atoms with Gasteiger partial charge in [0.25, 0.3) is 0 Å². The molecule has 0 saturated carbocycles. The van der Waals surface area contributed by atoms with E-state index in [-0.39, 0.29) is 4.92 Å². The normalized spacial score (nSPS) is 12.5. The van der Waals surface area contributed by atoms with Crippen molar-refractivity contribution in [2.75, 3.05) is 0 Å². The van der Waals surface area contributed by atoms with Crippen LogP contribution in [0.5, 0.6) is 0 Å². The van der Waals surface area contributed by atoms with Crippen LogP contribution in [-0.4, -0.2) is 11.0 Å². The fraction of sp³-hybridized carbons (Fsp3) is 0.455. The Morgan fingerprint density at radius 1 is 1.43 bits per heavy atom. The highest BCUT2D eigenvalue weighted by Gasteiger charge is 2.14. The van der Waals surface area contributed by atoms with Gasteiger partial charge in [-0.1, -0.05) is 23.8 Å². The second kappa shape index (κ2) is 4.22. The van der Waals surface area contributed by atoms with Gasteiger partial charge in [0.15, 0.2) is 0 Å². The lowest BCUT2D eigenvalue weighted by molar-refractivity contribution is -0.517. The summed E-state index contributed by atoms with van der Waals surface area (Å²) in [7, 11) is 0. The lowest BCUT2D eigenvalue weighted by Crippen LogP contribution is -2.18. The summed E-state index contributed by atoms with van der Waals surface area (Å²) in [5.74, 6) is 0. The maximum Gasteiger partial charge on any atom is 0.214 e. The van der Waals surface area contributed by atoms with Crippen molar-refractivity contribution in [3.63, 3.8) is 0 Å². The van der Waals surface area contributed by atoms with Crippen molar-refractivity contribution in [2.24, 2.45) is 0 Å². The van der Waals surface area contributed by atoms with Gasteiger partial charge in [-0.2, -0.15) is 0 Å². The molecule has 1 aromatic rings. The monoisotopic (exact) mass is 193 g/mol. The molecule has 14 heavy (non-hydrogen) atoms. The first-order chi connectivity index (χ1) is 6.50. The molecular formula is C11H15NO2. The van der Waals surface area contributed by atoms with Crippen molar-refractivity contribution in [3.8, 4) is 0 Å². The van der Waals surface area contributed by atoms with E-state index in [0.29, 0.717) is 6.42 Å². The zero-order valence-electron chi connectivity index (χ0n) is 8.78. The van der Waals surface area contributed by atoms with E-state index >= 15 is 0 Å². The molecule has 0 fully saturated rings. The first-order valence-electron chi connectivity index (χ1n) is 4.70. The Balaban J connectivity index is 2.85. The Kier molecular flexibility index (Phi) is 3.23. The third-order valence-corrected chi connectivity index (χ3v) is 2.38. The largest absolute Gasteiger partial charge is 0.264 e. The first kappa shape index (κ1) is 10.7. The Hall–Kier alpha value is -1.38. The minimum atomic E-state index is -0.504. The molecule has 0 saturated heterocycles. The molecule has 3 nitrogen and oxygen atoms in total. The zero-order valence-corrected chi connectivity index (χ0v) is 8.78. The lowest BCUT2D eigenvalue weighted by atomic mass is 10.00. The van der Waals surface area contributed by atoms with Crippen LogP contribution >= 0.6 is 0 Å². The summed E-state index contributed by atoms with van der Waals surface area (Å²) < 4.78 is 0. The van der Waals surface area contributed by atoms with Crippen LogP contribution in [0.25, 0.3) is 0 Å². The molecule has 0 aliphatic rings. The van der Waals surface area contributed by atoms with Gasteiger partial charge in [-0.3, -0.25) is 10.1 Å². The maximum absolute atomic E-state index is 10.5. The highest BCUT2D eigenvalue weighted by atomic mass is 16.6. The van der Waals surface area contributed by atoms with E-state index in [9.17, 15) is 10.1 Å². The van der Waals surface area contributed by atoms with Gasteiger partial charge >= 0.3 is 0 Å². The topological polar surface area (TPSA) is 43.1 Å². The van der Waals surface area contributed by atoms with Crippen LogP contribution in [0.2, 0.25) is 0 Å². The molecule has 1 unspecified atom stereocenters. The van der Waals surface area contributed by atoms with Gasteiger partial charge < -0.3 is 0 Å². The number of nitrogens with zero attached hydrogens (tertiary/aromatic N) is 1. The number of hydrogen-bond acceptors (Lipinski definition) is 2. The predicted molar refractivity (Wildman–Crippen MR) is 56.1 cm³/mol. The molecule has 1 rings (SSSR count). The van der Waals surface area contributed by atoms with Crippen LogP contribution in [0, 0.1) is 24.0 Å². The van der Waals surface area contributed by atoms with E-state index in [1.807, 2.05) is 32.0 Å². The molecule has 0 spiro atoms. The number of benzene rings is 1. The SMILES string of the molecule is Cc1ccc(C)c(CC(C)[N+](=O)[O-])c1. The molecule has 0 bridgehead atoms. The summed E-state index contributed by atoms with van der Waals surface area (Å²) in [5.41, 5.74) is 3.36. The van der Waals surface area contributed by atoms with Gasteiger partial charge in [0.1, 0.15) is 0 Å². The number of rotatable bonds is 3. The number of hydrogen-bond donors (Lipinski definition) is 0. The predicted octanol–water partition coefficient (Wildman–Crippen LogP) is 2.51. The fourth-order valence-corrected chi connectivity index (χ4v) is 1.41. The molecule has 0 aromatic heterocycles. The van der Waals surface area contributed by atoms with Gasteiger partial charge in [0, 0.05) is 18.3 Å². The highest BCUT2D eigenvalue weighted by molar-refractivity contribution is 5.30. The van der Waals surface area contributed by atoms with E-state index in [0.717, 1.165) is 16.7 Å². The molecule has 3 heteroatoms. The Morgan fingerprint density at radius 3 is 2.64 bits per heavy atom. The third kappa shape index (κ3) is 2.55. The summed E-state index contributed by atoms with van der Waals surface area (Å²) in [6, 6.07) is 5.55. The quantitative estimate of drug-likeness (QED) is 0.546. The average molecular weight is 193 g/mol. The molecule has 0 heterocycles.